The predicted molar refractivity (Wildman–Crippen MR) is 69.0 cm³/mol. The summed E-state index contributed by atoms with van der Waals surface area (Å²) >= 11 is 0. The zero-order chi connectivity index (χ0) is 14.4. The molecule has 0 bridgehead atoms. The molecule has 0 aromatic heterocycles. The molecular weight excluding hydrogens is 268 g/mol. The Morgan fingerprint density at radius 1 is 1.50 bits per heavy atom. The first-order valence-corrected chi connectivity index (χ1v) is 6.56. The van der Waals surface area contributed by atoms with Crippen LogP contribution in [0.5, 0.6) is 5.75 Å². The van der Waals surface area contributed by atoms with Crippen LogP contribution in [0.25, 0.3) is 0 Å². The molecule has 0 radical (unpaired) electrons. The molecule has 6 heteroatoms. The fourth-order valence-electron chi connectivity index (χ4n) is 2.12. The number of rotatable bonds is 6. The molecular formula is C14H17F2NO3. The molecule has 2 rings (SSSR count). The quantitative estimate of drug-likeness (QED) is 0.873. The van der Waals surface area contributed by atoms with Gasteiger partial charge >= 0.3 is 6.61 Å². The number of ether oxygens (including phenoxy) is 2. The number of alkyl halides is 2. The maximum atomic E-state index is 12.1. The van der Waals surface area contributed by atoms with Crippen molar-refractivity contribution in [2.24, 2.45) is 5.92 Å². The van der Waals surface area contributed by atoms with E-state index >= 15 is 0 Å². The van der Waals surface area contributed by atoms with Gasteiger partial charge in [-0.1, -0.05) is 6.07 Å². The Balaban J connectivity index is 1.81. The third kappa shape index (κ3) is 4.45. The normalized spacial score (nSPS) is 18.2. The lowest BCUT2D eigenvalue weighted by Gasteiger charge is -2.10. The Labute approximate surface area is 116 Å². The van der Waals surface area contributed by atoms with Crippen molar-refractivity contribution in [1.29, 1.82) is 0 Å². The molecule has 0 aliphatic carbocycles. The van der Waals surface area contributed by atoms with E-state index in [2.05, 4.69) is 10.1 Å². The van der Waals surface area contributed by atoms with Crippen molar-refractivity contribution in [2.75, 3.05) is 19.8 Å². The summed E-state index contributed by atoms with van der Waals surface area (Å²) in [5.41, 5.74) is 0.311. The van der Waals surface area contributed by atoms with Gasteiger partial charge in [-0.3, -0.25) is 4.79 Å². The Morgan fingerprint density at radius 2 is 2.35 bits per heavy atom. The Kier molecular flexibility index (Phi) is 5.29. The molecule has 1 N–H and O–H groups in total. The molecule has 1 fully saturated rings. The van der Waals surface area contributed by atoms with Gasteiger partial charge in [-0.2, -0.15) is 8.78 Å². The van der Waals surface area contributed by atoms with Crippen molar-refractivity contribution >= 4 is 5.91 Å². The number of hydrogen-bond donors (Lipinski definition) is 1. The molecule has 1 aliphatic rings. The average Bonchev–Trinajstić information content (AvgIpc) is 2.91. The van der Waals surface area contributed by atoms with Crippen LogP contribution in [0.3, 0.4) is 0 Å². The molecule has 1 aromatic rings. The van der Waals surface area contributed by atoms with E-state index in [1.165, 1.54) is 18.2 Å². The van der Waals surface area contributed by atoms with Gasteiger partial charge in [0.05, 0.1) is 0 Å². The highest BCUT2D eigenvalue weighted by Gasteiger charge is 2.15. The fraction of sp³-hybridized carbons (Fsp3) is 0.500. The zero-order valence-electron chi connectivity index (χ0n) is 11.0. The standard InChI is InChI=1S/C14H17F2NO3/c15-14(16)20-12-3-1-2-11(8-12)13(18)17-6-4-10-5-7-19-9-10/h1-3,8,10,14H,4-7,9H2,(H,17,18)/t10-/m1/s1. The SMILES string of the molecule is O=C(NCC[C@@H]1CCOC1)c1cccc(OC(F)F)c1. The van der Waals surface area contributed by atoms with Crippen molar-refractivity contribution < 1.29 is 23.0 Å². The van der Waals surface area contributed by atoms with Gasteiger partial charge in [0.2, 0.25) is 0 Å². The van der Waals surface area contributed by atoms with Gasteiger partial charge in [0.25, 0.3) is 5.91 Å². The lowest BCUT2D eigenvalue weighted by molar-refractivity contribution is -0.0498. The van der Waals surface area contributed by atoms with Crippen molar-refractivity contribution in [1.82, 2.24) is 5.32 Å². The van der Waals surface area contributed by atoms with Gasteiger partial charge in [-0.25, -0.2) is 0 Å². The van der Waals surface area contributed by atoms with Gasteiger partial charge in [0, 0.05) is 25.3 Å². The number of hydrogen-bond acceptors (Lipinski definition) is 3. The first-order valence-electron chi connectivity index (χ1n) is 6.56. The Morgan fingerprint density at radius 3 is 3.05 bits per heavy atom. The van der Waals surface area contributed by atoms with E-state index in [-0.39, 0.29) is 11.7 Å². The topological polar surface area (TPSA) is 47.6 Å². The van der Waals surface area contributed by atoms with Crippen LogP contribution in [-0.2, 0) is 4.74 Å². The van der Waals surface area contributed by atoms with Gasteiger partial charge in [0.1, 0.15) is 5.75 Å². The summed E-state index contributed by atoms with van der Waals surface area (Å²) in [7, 11) is 0. The second-order valence-electron chi connectivity index (χ2n) is 4.68. The molecule has 1 heterocycles. The maximum absolute atomic E-state index is 12.1. The molecule has 20 heavy (non-hydrogen) atoms. The largest absolute Gasteiger partial charge is 0.435 e. The zero-order valence-corrected chi connectivity index (χ0v) is 11.0. The highest BCUT2D eigenvalue weighted by Crippen LogP contribution is 2.17. The summed E-state index contributed by atoms with van der Waals surface area (Å²) in [6, 6.07) is 5.77. The van der Waals surface area contributed by atoms with Crippen LogP contribution < -0.4 is 10.1 Å². The van der Waals surface area contributed by atoms with Crippen molar-refractivity contribution in [3.63, 3.8) is 0 Å². The molecule has 0 unspecified atom stereocenters. The number of carbonyl (C=O) groups is 1. The van der Waals surface area contributed by atoms with Crippen LogP contribution in [0.1, 0.15) is 23.2 Å². The van der Waals surface area contributed by atoms with Crippen molar-refractivity contribution in [3.8, 4) is 5.75 Å². The van der Waals surface area contributed by atoms with Gasteiger partial charge in [0.15, 0.2) is 0 Å². The summed E-state index contributed by atoms with van der Waals surface area (Å²) in [6.07, 6.45) is 1.88. The van der Waals surface area contributed by atoms with Crippen LogP contribution in [0.4, 0.5) is 8.78 Å². The lowest BCUT2D eigenvalue weighted by atomic mass is 10.1. The average molecular weight is 285 g/mol. The third-order valence-corrected chi connectivity index (χ3v) is 3.18. The number of carbonyl (C=O) groups excluding carboxylic acids is 1. The fourth-order valence-corrected chi connectivity index (χ4v) is 2.12. The van der Waals surface area contributed by atoms with E-state index in [0.717, 1.165) is 26.1 Å². The van der Waals surface area contributed by atoms with Crippen LogP contribution in [0.15, 0.2) is 24.3 Å². The molecule has 1 aromatic carbocycles. The molecule has 0 spiro atoms. The molecule has 1 aliphatic heterocycles. The Bertz CT molecular complexity index is 448. The molecule has 1 saturated heterocycles. The van der Waals surface area contributed by atoms with E-state index in [0.29, 0.717) is 18.0 Å². The summed E-state index contributed by atoms with van der Waals surface area (Å²) in [6.45, 7) is -0.817. The van der Waals surface area contributed by atoms with E-state index < -0.39 is 6.61 Å². The third-order valence-electron chi connectivity index (χ3n) is 3.18. The second kappa shape index (κ2) is 7.19. The summed E-state index contributed by atoms with van der Waals surface area (Å²) in [5, 5.41) is 2.77. The van der Waals surface area contributed by atoms with Gasteiger partial charge in [-0.05, 0) is 37.0 Å². The minimum atomic E-state index is -2.89. The predicted octanol–water partition coefficient (Wildman–Crippen LogP) is 2.44. The van der Waals surface area contributed by atoms with E-state index in [4.69, 9.17) is 4.74 Å². The smallest absolute Gasteiger partial charge is 0.387 e. The summed E-state index contributed by atoms with van der Waals surface area (Å²) in [5.74, 6) is 0.185. The van der Waals surface area contributed by atoms with E-state index in [1.807, 2.05) is 0 Å². The maximum Gasteiger partial charge on any atom is 0.387 e. The Hall–Kier alpha value is -1.69. The van der Waals surface area contributed by atoms with Crippen LogP contribution in [0, 0.1) is 5.92 Å². The van der Waals surface area contributed by atoms with Crippen LogP contribution >= 0.6 is 0 Å². The van der Waals surface area contributed by atoms with Gasteiger partial charge in [-0.15, -0.1) is 0 Å². The van der Waals surface area contributed by atoms with Gasteiger partial charge < -0.3 is 14.8 Å². The van der Waals surface area contributed by atoms with Crippen molar-refractivity contribution in [2.45, 2.75) is 19.5 Å². The number of benzene rings is 1. The lowest BCUT2D eigenvalue weighted by Crippen LogP contribution is -2.26. The molecule has 4 nitrogen and oxygen atoms in total. The number of nitrogens with one attached hydrogen (secondary N) is 1. The molecule has 1 atom stereocenters. The van der Waals surface area contributed by atoms with E-state index in [1.54, 1.807) is 6.07 Å². The number of halogens is 2. The first kappa shape index (κ1) is 14.7. The van der Waals surface area contributed by atoms with Crippen molar-refractivity contribution in [3.05, 3.63) is 29.8 Å². The monoisotopic (exact) mass is 285 g/mol. The first-order chi connectivity index (χ1) is 9.65. The van der Waals surface area contributed by atoms with Crippen LogP contribution in [-0.4, -0.2) is 32.3 Å². The summed E-state index contributed by atoms with van der Waals surface area (Å²) < 4.78 is 33.7. The highest BCUT2D eigenvalue weighted by atomic mass is 19.3. The highest BCUT2D eigenvalue weighted by molar-refractivity contribution is 5.94. The second-order valence-corrected chi connectivity index (χ2v) is 4.68. The van der Waals surface area contributed by atoms with Crippen LogP contribution in [0.2, 0.25) is 0 Å². The molecule has 0 saturated carbocycles. The molecule has 110 valence electrons. The molecule has 1 amide bonds. The summed E-state index contributed by atoms with van der Waals surface area (Å²) in [4.78, 5) is 11.9. The minimum Gasteiger partial charge on any atom is -0.435 e. The number of amides is 1. The van der Waals surface area contributed by atoms with E-state index in [9.17, 15) is 13.6 Å². The minimum absolute atomic E-state index is 0.0168.